The van der Waals surface area contributed by atoms with Crippen LogP contribution in [-0.2, 0) is 14.3 Å². The average Bonchev–Trinajstić information content (AvgIpc) is 3.18. The van der Waals surface area contributed by atoms with Gasteiger partial charge in [0.25, 0.3) is 0 Å². The van der Waals surface area contributed by atoms with E-state index in [0.717, 1.165) is 11.3 Å². The fraction of sp³-hybridized carbons (Fsp3) is 0.192. The van der Waals surface area contributed by atoms with Crippen molar-refractivity contribution in [1.29, 1.82) is 0 Å². The molecule has 5 rings (SSSR count). The van der Waals surface area contributed by atoms with Crippen molar-refractivity contribution >= 4 is 33.8 Å². The summed E-state index contributed by atoms with van der Waals surface area (Å²) < 4.78 is 11.6. The van der Waals surface area contributed by atoms with Gasteiger partial charge in [-0.1, -0.05) is 54.2 Å². The number of carbonyl (C=O) groups excluding carboxylic acids is 2. The monoisotopic (exact) mass is 459 g/mol. The zero-order valence-corrected chi connectivity index (χ0v) is 19.0. The Labute approximate surface area is 194 Å². The van der Waals surface area contributed by atoms with Crippen LogP contribution in [0.3, 0.4) is 0 Å². The van der Waals surface area contributed by atoms with E-state index >= 15 is 0 Å². The first-order valence-electron chi connectivity index (χ1n) is 10.7. The third kappa shape index (κ3) is 3.58. The zero-order chi connectivity index (χ0) is 23.1. The fourth-order valence-corrected chi connectivity index (χ4v) is 5.33. The Balaban J connectivity index is 1.79. The van der Waals surface area contributed by atoms with E-state index < -0.39 is 11.9 Å². The molecule has 2 aromatic carbocycles. The van der Waals surface area contributed by atoms with E-state index in [9.17, 15) is 14.4 Å². The Morgan fingerprint density at radius 1 is 1.15 bits per heavy atom. The Hall–Kier alpha value is -3.58. The molecular formula is C26H21NO5S. The molecule has 1 N–H and O–H groups in total. The molecule has 0 radical (unpaired) electrons. The Morgan fingerprint density at radius 3 is 2.70 bits per heavy atom. The van der Waals surface area contributed by atoms with Gasteiger partial charge in [0.05, 0.1) is 23.5 Å². The summed E-state index contributed by atoms with van der Waals surface area (Å²) in [6, 6.07) is 16.1. The number of para-hydroxylation sites is 1. The van der Waals surface area contributed by atoms with Crippen LogP contribution in [0.1, 0.15) is 25.3 Å². The molecule has 0 saturated heterocycles. The minimum atomic E-state index is -0.694. The number of ether oxygens (including phenoxy) is 1. The highest BCUT2D eigenvalue weighted by molar-refractivity contribution is 8.14. The van der Waals surface area contributed by atoms with Gasteiger partial charge < -0.3 is 14.5 Å². The van der Waals surface area contributed by atoms with Crippen LogP contribution in [-0.4, -0.2) is 23.4 Å². The number of allylic oxidation sites excluding steroid dienone is 1. The van der Waals surface area contributed by atoms with Gasteiger partial charge in [0.2, 0.25) is 5.12 Å². The first kappa shape index (κ1) is 21.3. The van der Waals surface area contributed by atoms with Crippen molar-refractivity contribution in [2.45, 2.75) is 19.8 Å². The van der Waals surface area contributed by atoms with Gasteiger partial charge in [-0.05, 0) is 19.9 Å². The van der Waals surface area contributed by atoms with Crippen LogP contribution in [0.4, 0.5) is 0 Å². The van der Waals surface area contributed by atoms with E-state index in [1.807, 2.05) is 36.4 Å². The van der Waals surface area contributed by atoms with Gasteiger partial charge in [0, 0.05) is 39.9 Å². The molecule has 6 nitrogen and oxygen atoms in total. The summed E-state index contributed by atoms with van der Waals surface area (Å²) in [4.78, 5) is 39.0. The number of fused-ring (bicyclic) bond motifs is 1. The quantitative estimate of drug-likeness (QED) is 0.575. The molecule has 166 valence electrons. The number of hydrogen-bond acceptors (Lipinski definition) is 7. The van der Waals surface area contributed by atoms with Crippen molar-refractivity contribution in [3.8, 4) is 11.3 Å². The van der Waals surface area contributed by atoms with E-state index in [0.29, 0.717) is 44.9 Å². The lowest BCUT2D eigenvalue weighted by Gasteiger charge is -2.29. The van der Waals surface area contributed by atoms with Crippen molar-refractivity contribution in [2.24, 2.45) is 0 Å². The highest BCUT2D eigenvalue weighted by Crippen LogP contribution is 2.46. The highest BCUT2D eigenvalue weighted by atomic mass is 32.2. The van der Waals surface area contributed by atoms with Crippen LogP contribution in [0.25, 0.3) is 22.3 Å². The van der Waals surface area contributed by atoms with Gasteiger partial charge in [-0.2, -0.15) is 0 Å². The maximum atomic E-state index is 13.0. The Kier molecular flexibility index (Phi) is 5.42. The second kappa shape index (κ2) is 8.41. The summed E-state index contributed by atoms with van der Waals surface area (Å²) in [6.45, 7) is 3.75. The topological polar surface area (TPSA) is 85.6 Å². The number of dihydropyridines is 1. The summed E-state index contributed by atoms with van der Waals surface area (Å²) in [5.74, 6) is -0.264. The molecule has 0 bridgehead atoms. The molecule has 7 heteroatoms. The van der Waals surface area contributed by atoms with Gasteiger partial charge in [-0.15, -0.1) is 0 Å². The molecule has 0 fully saturated rings. The zero-order valence-electron chi connectivity index (χ0n) is 18.1. The highest BCUT2D eigenvalue weighted by Gasteiger charge is 2.42. The van der Waals surface area contributed by atoms with Crippen molar-refractivity contribution < 1.29 is 18.7 Å². The van der Waals surface area contributed by atoms with Crippen molar-refractivity contribution in [3.63, 3.8) is 0 Å². The minimum absolute atomic E-state index is 0.102. The number of esters is 1. The molecule has 1 unspecified atom stereocenters. The maximum absolute atomic E-state index is 13.0. The minimum Gasteiger partial charge on any atom is -0.463 e. The number of rotatable bonds is 4. The molecule has 0 amide bonds. The Bertz CT molecular complexity index is 1420. The van der Waals surface area contributed by atoms with Crippen LogP contribution in [0.5, 0.6) is 0 Å². The standard InChI is InChI=1S/C26H21NO5S/c1-3-31-25(29)21-14(2)27-18-13-33-26(30)23(18)22(21)17-11-7-10-16-19(28)12-20(32-24(16)17)15-8-5-4-6-9-15/h4-12,22,27H,3,13H2,1-2H3. The summed E-state index contributed by atoms with van der Waals surface area (Å²) in [5, 5.41) is 3.51. The Morgan fingerprint density at radius 2 is 1.94 bits per heavy atom. The van der Waals surface area contributed by atoms with Gasteiger partial charge in [-0.25, -0.2) is 4.79 Å². The molecule has 1 aromatic heterocycles. The SMILES string of the molecule is CCOC(=O)C1=C(C)NC2=C(C(=O)SC2)C1c1cccc2c(=O)cc(-c3ccccc3)oc12. The lowest BCUT2D eigenvalue weighted by Crippen LogP contribution is -2.30. The molecule has 3 heterocycles. The van der Waals surface area contributed by atoms with Gasteiger partial charge in [-0.3, -0.25) is 9.59 Å². The van der Waals surface area contributed by atoms with E-state index in [2.05, 4.69) is 5.32 Å². The summed E-state index contributed by atoms with van der Waals surface area (Å²) in [6.07, 6.45) is 0. The van der Waals surface area contributed by atoms with Crippen LogP contribution < -0.4 is 10.7 Å². The summed E-state index contributed by atoms with van der Waals surface area (Å²) in [7, 11) is 0. The summed E-state index contributed by atoms with van der Waals surface area (Å²) in [5.41, 5.74) is 3.80. The van der Waals surface area contributed by atoms with Gasteiger partial charge >= 0.3 is 5.97 Å². The molecule has 2 aliphatic heterocycles. The van der Waals surface area contributed by atoms with E-state index in [-0.39, 0.29) is 17.2 Å². The molecule has 3 aromatic rings. The number of hydrogen-bond donors (Lipinski definition) is 1. The predicted octanol–water partition coefficient (Wildman–Crippen LogP) is 4.51. The lowest BCUT2D eigenvalue weighted by atomic mass is 9.80. The third-order valence-electron chi connectivity index (χ3n) is 5.86. The molecule has 33 heavy (non-hydrogen) atoms. The maximum Gasteiger partial charge on any atom is 0.336 e. The average molecular weight is 460 g/mol. The predicted molar refractivity (Wildman–Crippen MR) is 128 cm³/mol. The molecule has 0 saturated carbocycles. The fourth-order valence-electron chi connectivity index (χ4n) is 4.43. The summed E-state index contributed by atoms with van der Waals surface area (Å²) >= 11 is 1.19. The first-order chi connectivity index (χ1) is 16.0. The van der Waals surface area contributed by atoms with Crippen molar-refractivity contribution in [3.05, 3.63) is 92.9 Å². The second-order valence-electron chi connectivity index (χ2n) is 7.85. The number of carbonyl (C=O) groups is 2. The smallest absolute Gasteiger partial charge is 0.336 e. The molecule has 1 atom stereocenters. The second-order valence-corrected chi connectivity index (χ2v) is 8.80. The van der Waals surface area contributed by atoms with E-state index in [4.69, 9.17) is 9.15 Å². The van der Waals surface area contributed by atoms with Crippen molar-refractivity contribution in [1.82, 2.24) is 5.32 Å². The van der Waals surface area contributed by atoms with E-state index in [1.165, 1.54) is 17.8 Å². The van der Waals surface area contributed by atoms with Crippen molar-refractivity contribution in [2.75, 3.05) is 12.4 Å². The molecule has 0 aliphatic carbocycles. The molecular weight excluding hydrogens is 438 g/mol. The lowest BCUT2D eigenvalue weighted by molar-refractivity contribution is -0.138. The van der Waals surface area contributed by atoms with Crippen LogP contribution >= 0.6 is 11.8 Å². The third-order valence-corrected chi connectivity index (χ3v) is 6.78. The largest absolute Gasteiger partial charge is 0.463 e. The first-order valence-corrected chi connectivity index (χ1v) is 11.7. The number of benzene rings is 2. The van der Waals surface area contributed by atoms with E-state index in [1.54, 1.807) is 26.0 Å². The van der Waals surface area contributed by atoms with Gasteiger partial charge in [0.15, 0.2) is 5.43 Å². The number of thioether (sulfide) groups is 1. The molecule has 2 aliphatic rings. The van der Waals surface area contributed by atoms with Crippen LogP contribution in [0.15, 0.2) is 86.3 Å². The normalized spacial score (nSPS) is 17.9. The van der Waals surface area contributed by atoms with Gasteiger partial charge in [0.1, 0.15) is 11.3 Å². The number of nitrogens with one attached hydrogen (secondary N) is 1. The van der Waals surface area contributed by atoms with Crippen LogP contribution in [0, 0.1) is 0 Å². The van der Waals surface area contributed by atoms with Crippen LogP contribution in [0.2, 0.25) is 0 Å². The molecule has 0 spiro atoms.